The van der Waals surface area contributed by atoms with Crippen molar-refractivity contribution in [2.75, 3.05) is 24.3 Å². The molecule has 162 valence electrons. The molecule has 3 rings (SSSR count). The Morgan fingerprint density at radius 3 is 2.70 bits per heavy atom. The summed E-state index contributed by atoms with van der Waals surface area (Å²) in [5.41, 5.74) is 5.84. The van der Waals surface area contributed by atoms with Gasteiger partial charge in [0.15, 0.2) is 0 Å². The number of hydrogen-bond acceptors (Lipinski definition) is 7. The first-order valence-corrected chi connectivity index (χ1v) is 9.28. The number of carboxylic acid groups (broad SMARTS) is 1. The van der Waals surface area contributed by atoms with E-state index in [1.165, 1.54) is 7.11 Å². The average molecular weight is 425 g/mol. The van der Waals surface area contributed by atoms with Gasteiger partial charge in [-0.25, -0.2) is 4.98 Å². The number of hydrogen-bond donors (Lipinski definition) is 4. The first-order chi connectivity index (χ1) is 14.2. The molecule has 1 fully saturated rings. The van der Waals surface area contributed by atoms with Crippen LogP contribution in [-0.2, 0) is 11.0 Å². The van der Waals surface area contributed by atoms with Gasteiger partial charge in [-0.1, -0.05) is 6.07 Å². The smallest absolute Gasteiger partial charge is 0.421 e. The third-order valence-electron chi connectivity index (χ3n) is 4.66. The Morgan fingerprint density at radius 1 is 1.40 bits per heavy atom. The highest BCUT2D eigenvalue weighted by Crippen LogP contribution is 2.37. The molecule has 0 radical (unpaired) electrons. The number of carboxylic acids is 1. The van der Waals surface area contributed by atoms with E-state index in [1.807, 2.05) is 0 Å². The molecule has 30 heavy (non-hydrogen) atoms. The molecule has 1 aliphatic carbocycles. The Hall–Kier alpha value is -3.08. The monoisotopic (exact) mass is 425 g/mol. The predicted octanol–water partition coefficient (Wildman–Crippen LogP) is 3.34. The van der Waals surface area contributed by atoms with Crippen molar-refractivity contribution in [1.82, 2.24) is 9.97 Å². The van der Waals surface area contributed by atoms with E-state index in [4.69, 9.17) is 15.6 Å². The fourth-order valence-electron chi connectivity index (χ4n) is 2.91. The van der Waals surface area contributed by atoms with E-state index in [2.05, 4.69) is 20.6 Å². The van der Waals surface area contributed by atoms with Crippen LogP contribution in [0.3, 0.4) is 0 Å². The third-order valence-corrected chi connectivity index (χ3v) is 4.66. The zero-order valence-electron chi connectivity index (χ0n) is 16.2. The molecule has 5 N–H and O–H groups in total. The van der Waals surface area contributed by atoms with Crippen molar-refractivity contribution in [2.24, 2.45) is 5.73 Å². The van der Waals surface area contributed by atoms with Gasteiger partial charge in [0.1, 0.15) is 17.1 Å². The minimum Gasteiger partial charge on any atom is -0.495 e. The minimum atomic E-state index is -4.57. The molecule has 1 aromatic heterocycles. The zero-order chi connectivity index (χ0) is 21.9. The summed E-state index contributed by atoms with van der Waals surface area (Å²) in [6.07, 6.45) is -2.39. The van der Waals surface area contributed by atoms with Crippen LogP contribution in [0.5, 0.6) is 5.75 Å². The number of nitrogens with zero attached hydrogens (tertiary/aromatic N) is 2. The molecular formula is C19H22F3N5O3. The van der Waals surface area contributed by atoms with Gasteiger partial charge in [-0.05, 0) is 37.1 Å². The molecule has 0 bridgehead atoms. The van der Waals surface area contributed by atoms with Crippen LogP contribution in [0.2, 0.25) is 0 Å². The third kappa shape index (κ3) is 5.29. The number of anilines is 3. The molecular weight excluding hydrogens is 403 g/mol. The van der Waals surface area contributed by atoms with Crippen LogP contribution in [0.4, 0.5) is 30.6 Å². The molecule has 1 aromatic carbocycles. The summed E-state index contributed by atoms with van der Waals surface area (Å²) in [7, 11) is 1.42. The molecule has 0 spiro atoms. The Labute approximate surface area is 170 Å². The van der Waals surface area contributed by atoms with Crippen LogP contribution < -0.4 is 21.1 Å². The van der Waals surface area contributed by atoms with Crippen molar-refractivity contribution >= 4 is 23.4 Å². The van der Waals surface area contributed by atoms with Crippen LogP contribution in [0.25, 0.3) is 0 Å². The largest absolute Gasteiger partial charge is 0.495 e. The normalized spacial score (nSPS) is 14.8. The number of ether oxygens (including phenoxy) is 1. The average Bonchev–Trinajstić information content (AvgIpc) is 3.49. The number of rotatable bonds is 9. The van der Waals surface area contributed by atoms with Gasteiger partial charge in [-0.3, -0.25) is 4.79 Å². The van der Waals surface area contributed by atoms with Crippen molar-refractivity contribution in [3.8, 4) is 5.75 Å². The lowest BCUT2D eigenvalue weighted by Gasteiger charge is -2.17. The molecule has 0 saturated heterocycles. The van der Waals surface area contributed by atoms with E-state index in [1.54, 1.807) is 18.2 Å². The van der Waals surface area contributed by atoms with Crippen molar-refractivity contribution in [2.45, 2.75) is 37.4 Å². The maximum absolute atomic E-state index is 13.2. The molecule has 0 aliphatic heterocycles. The number of aromatic nitrogens is 2. The predicted molar refractivity (Wildman–Crippen MR) is 104 cm³/mol. The first kappa shape index (κ1) is 21.6. The van der Waals surface area contributed by atoms with Gasteiger partial charge in [-0.2, -0.15) is 18.2 Å². The van der Waals surface area contributed by atoms with Crippen molar-refractivity contribution in [3.63, 3.8) is 0 Å². The number of halogens is 3. The summed E-state index contributed by atoms with van der Waals surface area (Å²) in [6, 6.07) is 4.91. The summed E-state index contributed by atoms with van der Waals surface area (Å²) in [5, 5.41) is 14.7. The molecule has 1 saturated carbocycles. The Morgan fingerprint density at radius 2 is 2.13 bits per heavy atom. The summed E-state index contributed by atoms with van der Waals surface area (Å²) in [6.45, 7) is 0.139. The number of carbonyl (C=O) groups is 1. The van der Waals surface area contributed by atoms with Crippen LogP contribution in [0, 0.1) is 0 Å². The van der Waals surface area contributed by atoms with Gasteiger partial charge >= 0.3 is 12.1 Å². The molecule has 11 heteroatoms. The molecule has 0 amide bonds. The number of nitrogens with one attached hydrogen (secondary N) is 2. The number of nitrogens with two attached hydrogens (primary N) is 1. The topological polar surface area (TPSA) is 122 Å². The first-order valence-electron chi connectivity index (χ1n) is 9.28. The van der Waals surface area contributed by atoms with Crippen LogP contribution in [0.1, 0.15) is 36.3 Å². The lowest BCUT2D eigenvalue weighted by molar-refractivity contribution is -0.138. The lowest BCUT2D eigenvalue weighted by Crippen LogP contribution is -2.16. The SMILES string of the molecule is COc1cc(C(CN)CC(=O)O)ccc1Nc1ncc(C(F)(F)F)c(NC2CC2)n1. The van der Waals surface area contributed by atoms with Crippen molar-refractivity contribution in [1.29, 1.82) is 0 Å². The van der Waals surface area contributed by atoms with Crippen LogP contribution >= 0.6 is 0 Å². The molecule has 1 atom stereocenters. The Kier molecular flexibility index (Phi) is 6.30. The second kappa shape index (κ2) is 8.74. The lowest BCUT2D eigenvalue weighted by atomic mass is 9.95. The molecule has 2 aromatic rings. The zero-order valence-corrected chi connectivity index (χ0v) is 16.2. The summed E-state index contributed by atoms with van der Waals surface area (Å²) >= 11 is 0. The van der Waals surface area contributed by atoms with E-state index in [-0.39, 0.29) is 30.8 Å². The highest BCUT2D eigenvalue weighted by atomic mass is 19.4. The maximum atomic E-state index is 13.2. The van der Waals surface area contributed by atoms with E-state index >= 15 is 0 Å². The van der Waals surface area contributed by atoms with Gasteiger partial charge in [0.2, 0.25) is 5.95 Å². The van der Waals surface area contributed by atoms with Gasteiger partial charge < -0.3 is 26.2 Å². The quantitative estimate of drug-likeness (QED) is 0.483. The van der Waals surface area contributed by atoms with Crippen molar-refractivity contribution < 1.29 is 27.8 Å². The number of aliphatic carboxylic acids is 1. The molecule has 1 heterocycles. The fourth-order valence-corrected chi connectivity index (χ4v) is 2.91. The van der Waals surface area contributed by atoms with Gasteiger partial charge in [0, 0.05) is 18.2 Å². The highest BCUT2D eigenvalue weighted by Gasteiger charge is 2.37. The van der Waals surface area contributed by atoms with Crippen LogP contribution in [-0.4, -0.2) is 40.7 Å². The van der Waals surface area contributed by atoms with Gasteiger partial charge in [0.05, 0.1) is 19.2 Å². The second-order valence-electron chi connectivity index (χ2n) is 6.99. The van der Waals surface area contributed by atoms with Gasteiger partial charge in [0.25, 0.3) is 0 Å². The standard InChI is InChI=1S/C19H22F3N5O3/c1-30-15-6-10(11(8-23)7-16(28)29)2-5-14(15)26-18-24-9-13(19(20,21)22)17(27-18)25-12-3-4-12/h2,5-6,9,11-12H,3-4,7-8,23H2,1H3,(H,28,29)(H2,24,25,26,27). The van der Waals surface area contributed by atoms with E-state index in [9.17, 15) is 18.0 Å². The number of benzene rings is 1. The maximum Gasteiger partial charge on any atom is 0.421 e. The Balaban J connectivity index is 1.87. The van der Waals surface area contributed by atoms with Crippen molar-refractivity contribution in [3.05, 3.63) is 35.5 Å². The fraction of sp³-hybridized carbons (Fsp3) is 0.421. The molecule has 8 nitrogen and oxygen atoms in total. The van der Waals surface area contributed by atoms with E-state index in [0.29, 0.717) is 17.0 Å². The summed E-state index contributed by atoms with van der Waals surface area (Å²) in [5.74, 6) is -1.32. The van der Waals surface area contributed by atoms with Crippen LogP contribution in [0.15, 0.2) is 24.4 Å². The van der Waals surface area contributed by atoms with E-state index < -0.39 is 23.6 Å². The highest BCUT2D eigenvalue weighted by molar-refractivity contribution is 5.69. The van der Waals surface area contributed by atoms with Gasteiger partial charge in [-0.15, -0.1) is 0 Å². The summed E-state index contributed by atoms with van der Waals surface area (Å²) < 4.78 is 45.0. The minimum absolute atomic E-state index is 0.0231. The second-order valence-corrected chi connectivity index (χ2v) is 6.99. The molecule has 1 aliphatic rings. The number of alkyl halides is 3. The summed E-state index contributed by atoms with van der Waals surface area (Å²) in [4.78, 5) is 18.8. The Bertz CT molecular complexity index is 919. The molecule has 1 unspecified atom stereocenters. The van der Waals surface area contributed by atoms with E-state index in [0.717, 1.165) is 19.0 Å². The number of methoxy groups -OCH3 is 1.